The molecule has 0 aliphatic rings. The van der Waals surface area contributed by atoms with Crippen LogP contribution in [-0.2, 0) is 14.8 Å². The molecule has 2 aromatic rings. The number of ether oxygens (including phenoxy) is 1. The Morgan fingerprint density at radius 1 is 1.11 bits per heavy atom. The van der Waals surface area contributed by atoms with Gasteiger partial charge in [-0.1, -0.05) is 29.8 Å². The normalized spacial score (nSPS) is 11.3. The second-order valence-corrected chi connectivity index (χ2v) is 8.92. The van der Waals surface area contributed by atoms with Gasteiger partial charge in [-0.05, 0) is 55.3 Å². The number of hydrogen-bond acceptors (Lipinski definition) is 4. The summed E-state index contributed by atoms with van der Waals surface area (Å²) in [7, 11) is -3.83. The quantitative estimate of drug-likeness (QED) is 0.608. The summed E-state index contributed by atoms with van der Waals surface area (Å²) in [4.78, 5) is 11.9. The van der Waals surface area contributed by atoms with E-state index in [-0.39, 0.29) is 22.5 Å². The number of anilines is 2. The van der Waals surface area contributed by atoms with Crippen LogP contribution < -0.4 is 14.8 Å². The van der Waals surface area contributed by atoms with Crippen molar-refractivity contribution < 1.29 is 17.9 Å². The van der Waals surface area contributed by atoms with Crippen molar-refractivity contribution in [2.24, 2.45) is 5.92 Å². The molecule has 1 amide bonds. The molecular weight excluding hydrogens is 432 g/mol. The second kappa shape index (κ2) is 9.23. The van der Waals surface area contributed by atoms with Crippen LogP contribution in [0.25, 0.3) is 0 Å². The van der Waals surface area contributed by atoms with Crippen LogP contribution in [0.4, 0.5) is 11.4 Å². The molecular formula is C19H23BrN2O4S. The molecule has 0 bridgehead atoms. The van der Waals surface area contributed by atoms with E-state index in [0.29, 0.717) is 28.9 Å². The molecule has 0 radical (unpaired) electrons. The van der Waals surface area contributed by atoms with Crippen molar-refractivity contribution in [1.82, 2.24) is 0 Å². The number of sulfonamides is 1. The molecule has 0 atom stereocenters. The summed E-state index contributed by atoms with van der Waals surface area (Å²) in [6, 6.07) is 11.3. The van der Waals surface area contributed by atoms with Gasteiger partial charge in [-0.25, -0.2) is 8.42 Å². The van der Waals surface area contributed by atoms with Gasteiger partial charge >= 0.3 is 0 Å². The van der Waals surface area contributed by atoms with E-state index in [1.807, 2.05) is 13.8 Å². The summed E-state index contributed by atoms with van der Waals surface area (Å²) in [6.45, 7) is 6.08. The molecule has 2 aromatic carbocycles. The molecule has 0 fully saturated rings. The van der Waals surface area contributed by atoms with Crippen molar-refractivity contribution in [3.8, 4) is 5.75 Å². The molecule has 146 valence electrons. The van der Waals surface area contributed by atoms with Crippen molar-refractivity contribution in [1.29, 1.82) is 0 Å². The van der Waals surface area contributed by atoms with Crippen LogP contribution >= 0.6 is 15.9 Å². The van der Waals surface area contributed by atoms with Gasteiger partial charge in [-0.3, -0.25) is 9.52 Å². The SMILES string of the molecule is CCOc1ccc(Br)cc1S(=O)(=O)Nc1ccc(NC(=O)CC(C)C)cc1. The zero-order chi connectivity index (χ0) is 20.0. The number of amides is 1. The summed E-state index contributed by atoms with van der Waals surface area (Å²) in [5.41, 5.74) is 1.00. The number of carbonyl (C=O) groups is 1. The van der Waals surface area contributed by atoms with Crippen molar-refractivity contribution in [3.05, 3.63) is 46.9 Å². The van der Waals surface area contributed by atoms with Gasteiger partial charge in [0.05, 0.1) is 6.61 Å². The standard InChI is InChI=1S/C19H23BrN2O4S/c1-4-26-17-10-5-14(20)12-18(17)27(24,25)22-16-8-6-15(7-9-16)21-19(23)11-13(2)3/h5-10,12-13,22H,4,11H2,1-3H3,(H,21,23). The fourth-order valence-electron chi connectivity index (χ4n) is 2.38. The second-order valence-electron chi connectivity index (χ2n) is 6.35. The molecule has 27 heavy (non-hydrogen) atoms. The topological polar surface area (TPSA) is 84.5 Å². The molecule has 0 saturated heterocycles. The Kier molecular flexibility index (Phi) is 7.26. The van der Waals surface area contributed by atoms with Crippen molar-refractivity contribution in [3.63, 3.8) is 0 Å². The lowest BCUT2D eigenvalue weighted by Crippen LogP contribution is -2.15. The van der Waals surface area contributed by atoms with Crippen LogP contribution in [0.15, 0.2) is 51.8 Å². The van der Waals surface area contributed by atoms with Gasteiger partial charge in [0.2, 0.25) is 5.91 Å². The average molecular weight is 455 g/mol. The van der Waals surface area contributed by atoms with Crippen molar-refractivity contribution in [2.75, 3.05) is 16.6 Å². The highest BCUT2D eigenvalue weighted by molar-refractivity contribution is 9.10. The van der Waals surface area contributed by atoms with E-state index in [9.17, 15) is 13.2 Å². The number of hydrogen-bond donors (Lipinski definition) is 2. The minimum Gasteiger partial charge on any atom is -0.492 e. The van der Waals surface area contributed by atoms with Crippen molar-refractivity contribution in [2.45, 2.75) is 32.1 Å². The Hall–Kier alpha value is -2.06. The fraction of sp³-hybridized carbons (Fsp3) is 0.316. The summed E-state index contributed by atoms with van der Waals surface area (Å²) < 4.78 is 34.1. The molecule has 2 N–H and O–H groups in total. The first kappa shape index (κ1) is 21.2. The molecule has 2 rings (SSSR count). The largest absolute Gasteiger partial charge is 0.492 e. The van der Waals surface area contributed by atoms with Gasteiger partial charge in [0.15, 0.2) is 0 Å². The number of benzene rings is 2. The molecule has 0 saturated carbocycles. The van der Waals surface area contributed by atoms with E-state index < -0.39 is 10.0 Å². The maximum Gasteiger partial charge on any atom is 0.265 e. The third-order valence-electron chi connectivity index (χ3n) is 3.51. The molecule has 6 nitrogen and oxygen atoms in total. The molecule has 8 heteroatoms. The summed E-state index contributed by atoms with van der Waals surface area (Å²) in [6.07, 6.45) is 0.428. The lowest BCUT2D eigenvalue weighted by Gasteiger charge is -2.13. The first-order valence-electron chi connectivity index (χ1n) is 8.56. The summed E-state index contributed by atoms with van der Waals surface area (Å²) in [5.74, 6) is 0.473. The van der Waals surface area contributed by atoms with Crippen LogP contribution in [0, 0.1) is 5.92 Å². The predicted molar refractivity (Wildman–Crippen MR) is 111 cm³/mol. The number of nitrogens with one attached hydrogen (secondary N) is 2. The Labute approximate surface area is 168 Å². The highest BCUT2D eigenvalue weighted by atomic mass is 79.9. The fourth-order valence-corrected chi connectivity index (χ4v) is 4.12. The van der Waals surface area contributed by atoms with E-state index >= 15 is 0 Å². The van der Waals surface area contributed by atoms with Crippen LogP contribution in [-0.4, -0.2) is 20.9 Å². The van der Waals surface area contributed by atoms with Gasteiger partial charge in [0.1, 0.15) is 10.6 Å². The van der Waals surface area contributed by atoms with E-state index in [0.717, 1.165) is 0 Å². The Bertz CT molecular complexity index is 896. The number of rotatable bonds is 8. The molecule has 0 unspecified atom stereocenters. The smallest absolute Gasteiger partial charge is 0.265 e. The van der Waals surface area contributed by atoms with Gasteiger partial charge in [-0.2, -0.15) is 0 Å². The highest BCUT2D eigenvalue weighted by Crippen LogP contribution is 2.29. The number of carbonyl (C=O) groups excluding carboxylic acids is 1. The molecule has 0 heterocycles. The number of halogens is 1. The maximum absolute atomic E-state index is 12.8. The lowest BCUT2D eigenvalue weighted by atomic mass is 10.1. The van der Waals surface area contributed by atoms with Crippen molar-refractivity contribution >= 4 is 43.2 Å². The highest BCUT2D eigenvalue weighted by Gasteiger charge is 2.20. The Balaban J connectivity index is 2.17. The van der Waals surface area contributed by atoms with E-state index in [1.54, 1.807) is 43.3 Å². The monoisotopic (exact) mass is 454 g/mol. The molecule has 0 aliphatic heterocycles. The molecule has 0 aromatic heterocycles. The lowest BCUT2D eigenvalue weighted by molar-refractivity contribution is -0.116. The van der Waals surface area contributed by atoms with Crippen LogP contribution in [0.1, 0.15) is 27.2 Å². The third-order valence-corrected chi connectivity index (χ3v) is 5.41. The molecule has 0 aliphatic carbocycles. The average Bonchev–Trinajstić information content (AvgIpc) is 2.57. The van der Waals surface area contributed by atoms with Gasteiger partial charge in [0.25, 0.3) is 10.0 Å². The van der Waals surface area contributed by atoms with Crippen LogP contribution in [0.2, 0.25) is 0 Å². The first-order valence-corrected chi connectivity index (χ1v) is 10.8. The Morgan fingerprint density at radius 2 is 1.74 bits per heavy atom. The van der Waals surface area contributed by atoms with Crippen LogP contribution in [0.5, 0.6) is 5.75 Å². The van der Waals surface area contributed by atoms with Crippen LogP contribution in [0.3, 0.4) is 0 Å². The predicted octanol–water partition coefficient (Wildman–Crippen LogP) is 4.63. The molecule has 0 spiro atoms. The summed E-state index contributed by atoms with van der Waals surface area (Å²) in [5, 5.41) is 2.79. The zero-order valence-corrected chi connectivity index (χ0v) is 17.9. The van der Waals surface area contributed by atoms with Gasteiger partial charge in [0, 0.05) is 22.3 Å². The summed E-state index contributed by atoms with van der Waals surface area (Å²) >= 11 is 3.29. The maximum atomic E-state index is 12.8. The Morgan fingerprint density at radius 3 is 2.33 bits per heavy atom. The van der Waals surface area contributed by atoms with E-state index in [2.05, 4.69) is 26.0 Å². The minimum absolute atomic E-state index is 0.0491. The zero-order valence-electron chi connectivity index (χ0n) is 15.5. The first-order chi connectivity index (χ1) is 12.7. The van der Waals surface area contributed by atoms with Gasteiger partial charge < -0.3 is 10.1 Å². The van der Waals surface area contributed by atoms with Gasteiger partial charge in [-0.15, -0.1) is 0 Å². The van der Waals surface area contributed by atoms with E-state index in [1.165, 1.54) is 6.07 Å². The minimum atomic E-state index is -3.83. The van der Waals surface area contributed by atoms with E-state index in [4.69, 9.17) is 4.74 Å². The third kappa shape index (κ3) is 6.25.